The number of aliphatic carboxylic acids is 2. The quantitative estimate of drug-likeness (QED) is 0.0504. The molecule has 19 nitrogen and oxygen atoms in total. The number of amides is 5. The monoisotopic (exact) mass is 606 g/mol. The lowest BCUT2D eigenvalue weighted by Crippen LogP contribution is -2.57. The molecule has 0 aliphatic carbocycles. The number of carboxylic acids is 2. The standard InChI is InChI=1S/C21H34N8O11S/c22-21(23)24-3-1-2-9-17(36)25-6-13(30)26-10(4-15(32)33)19(38)29-12(20(39)40)7-41-8-14(31)27-11(5-16(34)35)18(37)28-9/h9-12,20,39-40H,1-8H2,(H,25,36)(H,26,30)(H,27,31)(H,28,37)(H,29,38)(H,32,33)(H,34,35)(H4,22,23,24). The summed E-state index contributed by atoms with van der Waals surface area (Å²) in [5.74, 6) is -8.64. The molecule has 4 unspecified atom stereocenters. The van der Waals surface area contributed by atoms with Gasteiger partial charge in [-0.2, -0.15) is 0 Å². The number of nitrogens with two attached hydrogens (primary N) is 2. The number of guanidine groups is 1. The highest BCUT2D eigenvalue weighted by Gasteiger charge is 2.31. The Kier molecular flexibility index (Phi) is 14.9. The van der Waals surface area contributed by atoms with Crippen LogP contribution in [0.5, 0.6) is 0 Å². The van der Waals surface area contributed by atoms with Crippen LogP contribution in [0.25, 0.3) is 0 Å². The van der Waals surface area contributed by atoms with Crippen molar-refractivity contribution in [1.29, 1.82) is 0 Å². The second-order valence-corrected chi connectivity index (χ2v) is 9.74. The summed E-state index contributed by atoms with van der Waals surface area (Å²) in [5.41, 5.74) is 10.5. The summed E-state index contributed by atoms with van der Waals surface area (Å²) >= 11 is 0.771. The fourth-order valence-corrected chi connectivity index (χ4v) is 4.24. The van der Waals surface area contributed by atoms with Crippen molar-refractivity contribution >= 4 is 59.2 Å². The summed E-state index contributed by atoms with van der Waals surface area (Å²) in [5, 5.41) is 48.6. The zero-order chi connectivity index (χ0) is 31.1. The molecule has 4 atom stereocenters. The van der Waals surface area contributed by atoms with Gasteiger partial charge >= 0.3 is 11.9 Å². The maximum Gasteiger partial charge on any atom is 0.305 e. The van der Waals surface area contributed by atoms with Gasteiger partial charge in [0.15, 0.2) is 12.2 Å². The average molecular weight is 607 g/mol. The smallest absolute Gasteiger partial charge is 0.305 e. The van der Waals surface area contributed by atoms with E-state index in [9.17, 15) is 48.9 Å². The first-order valence-electron chi connectivity index (χ1n) is 12.1. The molecule has 1 fully saturated rings. The molecule has 1 rings (SSSR count). The van der Waals surface area contributed by atoms with Crippen LogP contribution in [-0.4, -0.2) is 123 Å². The number of carboxylic acid groups (broad SMARTS) is 2. The summed E-state index contributed by atoms with van der Waals surface area (Å²) in [6, 6.07) is -6.02. The van der Waals surface area contributed by atoms with Gasteiger partial charge in [0.05, 0.1) is 31.2 Å². The van der Waals surface area contributed by atoms with E-state index in [-0.39, 0.29) is 31.1 Å². The lowest BCUT2D eigenvalue weighted by atomic mass is 10.1. The minimum absolute atomic E-state index is 0.0600. The Morgan fingerprint density at radius 2 is 1.41 bits per heavy atom. The van der Waals surface area contributed by atoms with Gasteiger partial charge in [0.2, 0.25) is 29.5 Å². The number of rotatable bonds is 9. The number of aliphatic imine (C=N–C) groups is 1. The summed E-state index contributed by atoms with van der Waals surface area (Å²) in [4.78, 5) is 89.5. The third-order valence-corrected chi connectivity index (χ3v) is 6.34. The molecule has 230 valence electrons. The van der Waals surface area contributed by atoms with E-state index in [1.165, 1.54) is 0 Å². The first-order valence-corrected chi connectivity index (χ1v) is 13.2. The Bertz CT molecular complexity index is 1020. The Labute approximate surface area is 237 Å². The number of aliphatic hydroxyl groups is 2. The van der Waals surface area contributed by atoms with Crippen LogP contribution in [0.4, 0.5) is 0 Å². The van der Waals surface area contributed by atoms with Gasteiger partial charge in [0, 0.05) is 12.3 Å². The van der Waals surface area contributed by atoms with Crippen LogP contribution < -0.4 is 38.1 Å². The van der Waals surface area contributed by atoms with Crippen LogP contribution in [-0.2, 0) is 33.6 Å². The average Bonchev–Trinajstić information content (AvgIpc) is 2.86. The summed E-state index contributed by atoms with van der Waals surface area (Å²) in [6.07, 6.45) is -3.78. The molecule has 0 aromatic carbocycles. The zero-order valence-corrected chi connectivity index (χ0v) is 22.5. The van der Waals surface area contributed by atoms with Crippen molar-refractivity contribution in [3.05, 3.63) is 0 Å². The van der Waals surface area contributed by atoms with Crippen molar-refractivity contribution in [2.75, 3.05) is 24.6 Å². The van der Waals surface area contributed by atoms with Crippen LogP contribution in [0.2, 0.25) is 0 Å². The number of carbonyl (C=O) groups excluding carboxylic acids is 5. The Hall–Kier alpha value is -4.17. The van der Waals surface area contributed by atoms with Gasteiger partial charge < -0.3 is 58.5 Å². The number of thioether (sulfide) groups is 1. The van der Waals surface area contributed by atoms with Crippen molar-refractivity contribution in [3.63, 3.8) is 0 Å². The predicted octanol–water partition coefficient (Wildman–Crippen LogP) is -5.90. The van der Waals surface area contributed by atoms with Crippen LogP contribution in [0.1, 0.15) is 25.7 Å². The lowest BCUT2D eigenvalue weighted by molar-refractivity contribution is -0.142. The zero-order valence-electron chi connectivity index (χ0n) is 21.7. The van der Waals surface area contributed by atoms with Gasteiger partial charge in [0.25, 0.3) is 0 Å². The number of hydrogen-bond acceptors (Lipinski definition) is 11. The Morgan fingerprint density at radius 3 is 1.95 bits per heavy atom. The summed E-state index contributed by atoms with van der Waals surface area (Å²) in [7, 11) is 0. The van der Waals surface area contributed by atoms with Crippen LogP contribution in [0.15, 0.2) is 4.99 Å². The molecule has 0 saturated carbocycles. The first kappa shape index (κ1) is 34.9. The van der Waals surface area contributed by atoms with E-state index in [0.29, 0.717) is 0 Å². The maximum absolute atomic E-state index is 12.9. The number of nitrogens with zero attached hydrogens (tertiary/aromatic N) is 1. The Balaban J connectivity index is 3.26. The molecule has 41 heavy (non-hydrogen) atoms. The molecule has 0 bridgehead atoms. The van der Waals surface area contributed by atoms with E-state index in [4.69, 9.17) is 16.6 Å². The van der Waals surface area contributed by atoms with Crippen molar-refractivity contribution in [3.8, 4) is 0 Å². The molecule has 20 heteroatoms. The van der Waals surface area contributed by atoms with E-state index in [1.807, 2.05) is 0 Å². The largest absolute Gasteiger partial charge is 0.481 e. The fraction of sp³-hybridized carbons (Fsp3) is 0.619. The van der Waals surface area contributed by atoms with Crippen LogP contribution in [0, 0.1) is 0 Å². The molecule has 1 aliphatic rings. The fourth-order valence-electron chi connectivity index (χ4n) is 3.35. The van der Waals surface area contributed by atoms with E-state index in [2.05, 4.69) is 31.6 Å². The number of hydrogen-bond donors (Lipinski definition) is 11. The molecule has 1 heterocycles. The van der Waals surface area contributed by atoms with Crippen LogP contribution in [0.3, 0.4) is 0 Å². The second kappa shape index (κ2) is 17.5. The topological polar surface area (TPSA) is 325 Å². The predicted molar refractivity (Wildman–Crippen MR) is 141 cm³/mol. The number of carbonyl (C=O) groups is 7. The van der Waals surface area contributed by atoms with Gasteiger partial charge in [-0.3, -0.25) is 38.6 Å². The number of aliphatic hydroxyl groups excluding tert-OH is 1. The van der Waals surface area contributed by atoms with Gasteiger partial charge in [-0.25, -0.2) is 0 Å². The normalized spacial score (nSPS) is 23.5. The van der Waals surface area contributed by atoms with E-state index < -0.39 is 97.1 Å². The Morgan fingerprint density at radius 1 is 0.854 bits per heavy atom. The highest BCUT2D eigenvalue weighted by atomic mass is 32.2. The van der Waals surface area contributed by atoms with E-state index in [1.54, 1.807) is 0 Å². The van der Waals surface area contributed by atoms with Crippen molar-refractivity contribution in [2.24, 2.45) is 16.5 Å². The molecule has 0 aromatic rings. The SMILES string of the molecule is NC(N)=NCCCC1NC(=O)C(CC(=O)O)NC(=O)CSCC(C(O)O)NC(=O)C(CC(=O)O)NC(=O)CNC1=O. The third-order valence-electron chi connectivity index (χ3n) is 5.28. The second-order valence-electron chi connectivity index (χ2n) is 8.71. The van der Waals surface area contributed by atoms with Crippen LogP contribution >= 0.6 is 11.8 Å². The van der Waals surface area contributed by atoms with E-state index >= 15 is 0 Å². The first-order chi connectivity index (χ1) is 19.2. The van der Waals surface area contributed by atoms with Crippen molar-refractivity contribution in [1.82, 2.24) is 26.6 Å². The summed E-state index contributed by atoms with van der Waals surface area (Å²) in [6.45, 7) is -0.704. The molecule has 0 aromatic heterocycles. The highest BCUT2D eigenvalue weighted by molar-refractivity contribution is 8.00. The maximum atomic E-state index is 12.9. The van der Waals surface area contributed by atoms with Gasteiger partial charge in [-0.15, -0.1) is 11.8 Å². The molecule has 13 N–H and O–H groups in total. The van der Waals surface area contributed by atoms with Crippen molar-refractivity contribution in [2.45, 2.75) is 56.1 Å². The molecule has 0 radical (unpaired) electrons. The minimum atomic E-state index is -2.14. The van der Waals surface area contributed by atoms with Crippen molar-refractivity contribution < 1.29 is 54.0 Å². The van der Waals surface area contributed by atoms with Gasteiger partial charge in [-0.05, 0) is 12.8 Å². The molecular weight excluding hydrogens is 572 g/mol. The minimum Gasteiger partial charge on any atom is -0.481 e. The summed E-state index contributed by atoms with van der Waals surface area (Å²) < 4.78 is 0. The number of nitrogens with one attached hydrogen (secondary N) is 5. The molecule has 5 amide bonds. The highest BCUT2D eigenvalue weighted by Crippen LogP contribution is 2.08. The molecule has 1 saturated heterocycles. The third kappa shape index (κ3) is 14.2. The molecule has 1 aliphatic heterocycles. The molecular formula is C21H34N8O11S. The lowest BCUT2D eigenvalue weighted by Gasteiger charge is -2.25. The van der Waals surface area contributed by atoms with Gasteiger partial charge in [0.1, 0.15) is 18.1 Å². The molecule has 0 spiro atoms. The van der Waals surface area contributed by atoms with E-state index in [0.717, 1.165) is 11.8 Å². The van der Waals surface area contributed by atoms with Gasteiger partial charge in [-0.1, -0.05) is 0 Å².